The minimum absolute atomic E-state index is 0.00520. The van der Waals surface area contributed by atoms with Crippen molar-refractivity contribution in [2.45, 2.75) is 31.7 Å². The van der Waals surface area contributed by atoms with Crippen molar-refractivity contribution < 1.29 is 14.7 Å². The predicted molar refractivity (Wildman–Crippen MR) is 64.9 cm³/mol. The third-order valence-electron chi connectivity index (χ3n) is 2.87. The first kappa shape index (κ1) is 12.8. The number of aromatic nitrogens is 2. The van der Waals surface area contributed by atoms with Crippen molar-refractivity contribution in [2.75, 3.05) is 5.32 Å². The third-order valence-corrected chi connectivity index (χ3v) is 3.06. The summed E-state index contributed by atoms with van der Waals surface area (Å²) >= 11 is 5.65. The molecule has 0 atom stereocenters. The molecule has 1 aromatic rings. The molecule has 18 heavy (non-hydrogen) atoms. The second-order valence-corrected chi connectivity index (χ2v) is 4.50. The molecule has 1 aliphatic rings. The number of hydrogen-bond donors (Lipinski definition) is 2. The first-order chi connectivity index (χ1) is 8.56. The summed E-state index contributed by atoms with van der Waals surface area (Å²) in [5, 5.41) is 12.0. The average Bonchev–Trinajstić information content (AvgIpc) is 2.32. The Morgan fingerprint density at radius 3 is 2.72 bits per heavy atom. The summed E-state index contributed by atoms with van der Waals surface area (Å²) in [5.74, 6) is -0.657. The Kier molecular flexibility index (Phi) is 3.76. The second-order valence-electron chi connectivity index (χ2n) is 4.16. The van der Waals surface area contributed by atoms with Gasteiger partial charge in [-0.15, -0.1) is 0 Å². The number of halogens is 1. The molecule has 2 rings (SSSR count). The van der Waals surface area contributed by atoms with E-state index in [2.05, 4.69) is 15.3 Å². The molecule has 0 spiro atoms. The highest BCUT2D eigenvalue weighted by molar-refractivity contribution is 6.28. The van der Waals surface area contributed by atoms with E-state index in [9.17, 15) is 9.59 Å². The Morgan fingerprint density at radius 1 is 1.44 bits per heavy atom. The number of ketones is 1. The maximum absolute atomic E-state index is 11.1. The number of hydrogen-bond acceptors (Lipinski definition) is 5. The molecule has 2 N–H and O–H groups in total. The number of rotatable bonds is 3. The lowest BCUT2D eigenvalue weighted by Gasteiger charge is -2.23. The molecule has 0 bridgehead atoms. The number of carboxylic acids is 1. The van der Waals surface area contributed by atoms with E-state index in [1.54, 1.807) is 0 Å². The van der Waals surface area contributed by atoms with Crippen LogP contribution in [0, 0.1) is 0 Å². The number of nitrogens with zero attached hydrogens (tertiary/aromatic N) is 2. The Hall–Kier alpha value is -1.69. The molecule has 0 amide bonds. The smallest absolute Gasteiger partial charge is 0.341 e. The molecule has 96 valence electrons. The van der Waals surface area contributed by atoms with Crippen LogP contribution in [0.5, 0.6) is 0 Å². The minimum atomic E-state index is -1.11. The van der Waals surface area contributed by atoms with Crippen LogP contribution in [-0.4, -0.2) is 32.9 Å². The summed E-state index contributed by atoms with van der Waals surface area (Å²) in [5.41, 5.74) is -0.0173. The predicted octanol–water partition coefficient (Wildman–Crippen LogP) is 1.75. The van der Waals surface area contributed by atoms with E-state index in [1.165, 1.54) is 6.20 Å². The SMILES string of the molecule is O=C1CCC(Nc2nc(Cl)ncc2C(=O)O)CC1. The van der Waals surface area contributed by atoms with Crippen LogP contribution >= 0.6 is 11.6 Å². The number of anilines is 1. The molecule has 0 aliphatic heterocycles. The van der Waals surface area contributed by atoms with E-state index < -0.39 is 5.97 Å². The van der Waals surface area contributed by atoms with E-state index in [1.807, 2.05) is 0 Å². The molecule has 0 unspecified atom stereocenters. The Balaban J connectivity index is 2.15. The van der Waals surface area contributed by atoms with Crippen molar-refractivity contribution in [1.82, 2.24) is 9.97 Å². The highest BCUT2D eigenvalue weighted by Gasteiger charge is 2.21. The van der Waals surface area contributed by atoms with Crippen molar-refractivity contribution in [3.63, 3.8) is 0 Å². The fourth-order valence-electron chi connectivity index (χ4n) is 1.90. The van der Waals surface area contributed by atoms with Crippen molar-refractivity contribution in [3.8, 4) is 0 Å². The van der Waals surface area contributed by atoms with Gasteiger partial charge in [0.1, 0.15) is 17.2 Å². The zero-order valence-corrected chi connectivity index (χ0v) is 10.3. The molecule has 1 fully saturated rings. The number of Topliss-reactive ketones (excluding diaryl/α,β-unsaturated/α-hetero) is 1. The molecule has 1 aliphatic carbocycles. The quantitative estimate of drug-likeness (QED) is 0.812. The molecular weight excluding hydrogens is 258 g/mol. The summed E-state index contributed by atoms with van der Waals surface area (Å²) in [7, 11) is 0. The highest BCUT2D eigenvalue weighted by atomic mass is 35.5. The first-order valence-electron chi connectivity index (χ1n) is 5.60. The van der Waals surface area contributed by atoms with Crippen molar-refractivity contribution in [1.29, 1.82) is 0 Å². The van der Waals surface area contributed by atoms with E-state index in [-0.39, 0.29) is 28.5 Å². The molecule has 6 nitrogen and oxygen atoms in total. The van der Waals surface area contributed by atoms with Gasteiger partial charge in [0.25, 0.3) is 0 Å². The maximum Gasteiger partial charge on any atom is 0.341 e. The number of carbonyl (C=O) groups excluding carboxylic acids is 1. The van der Waals surface area contributed by atoms with Crippen LogP contribution in [-0.2, 0) is 4.79 Å². The third kappa shape index (κ3) is 2.95. The number of aromatic carboxylic acids is 1. The fourth-order valence-corrected chi connectivity index (χ4v) is 2.04. The minimum Gasteiger partial charge on any atom is -0.477 e. The summed E-state index contributed by atoms with van der Waals surface area (Å²) in [4.78, 5) is 29.7. The Labute approximate surface area is 108 Å². The molecule has 0 saturated heterocycles. The van der Waals surface area contributed by atoms with Crippen LogP contribution in [0.25, 0.3) is 0 Å². The van der Waals surface area contributed by atoms with E-state index in [0.717, 1.165) is 0 Å². The molecule has 0 radical (unpaired) electrons. The van der Waals surface area contributed by atoms with E-state index in [4.69, 9.17) is 16.7 Å². The summed E-state index contributed by atoms with van der Waals surface area (Å²) in [6.07, 6.45) is 3.56. The van der Waals surface area contributed by atoms with Gasteiger partial charge in [-0.25, -0.2) is 9.78 Å². The molecule has 7 heteroatoms. The largest absolute Gasteiger partial charge is 0.477 e. The van der Waals surface area contributed by atoms with Gasteiger partial charge in [0.15, 0.2) is 0 Å². The highest BCUT2D eigenvalue weighted by Crippen LogP contribution is 2.21. The average molecular weight is 270 g/mol. The summed E-state index contributed by atoms with van der Waals surface area (Å²) in [6, 6.07) is 0.0479. The normalized spacial score (nSPS) is 16.6. The monoisotopic (exact) mass is 269 g/mol. The molecule has 0 aromatic carbocycles. The molecule has 1 heterocycles. The standard InChI is InChI=1S/C11H12ClN3O3/c12-11-13-5-8(10(17)18)9(15-11)14-6-1-3-7(16)4-2-6/h5-6H,1-4H2,(H,17,18)(H,13,14,15). The zero-order valence-electron chi connectivity index (χ0n) is 9.52. The van der Waals surface area contributed by atoms with Gasteiger partial charge in [-0.05, 0) is 24.4 Å². The van der Waals surface area contributed by atoms with Crippen molar-refractivity contribution in [3.05, 3.63) is 17.0 Å². The van der Waals surface area contributed by atoms with Crippen molar-refractivity contribution in [2.24, 2.45) is 0 Å². The van der Waals surface area contributed by atoms with Crippen LogP contribution in [0.15, 0.2) is 6.20 Å². The number of nitrogens with one attached hydrogen (secondary N) is 1. The topological polar surface area (TPSA) is 92.2 Å². The lowest BCUT2D eigenvalue weighted by Crippen LogP contribution is -2.27. The van der Waals surface area contributed by atoms with Crippen LogP contribution in [0.3, 0.4) is 0 Å². The van der Waals surface area contributed by atoms with Gasteiger partial charge < -0.3 is 10.4 Å². The lowest BCUT2D eigenvalue weighted by atomic mass is 9.94. The molecular formula is C11H12ClN3O3. The van der Waals surface area contributed by atoms with Gasteiger partial charge in [-0.2, -0.15) is 4.98 Å². The van der Waals surface area contributed by atoms with E-state index in [0.29, 0.717) is 25.7 Å². The van der Waals surface area contributed by atoms with Gasteiger partial charge in [0.2, 0.25) is 5.28 Å². The van der Waals surface area contributed by atoms with Crippen LogP contribution in [0.2, 0.25) is 5.28 Å². The number of carbonyl (C=O) groups is 2. The van der Waals surface area contributed by atoms with Gasteiger partial charge in [-0.1, -0.05) is 0 Å². The maximum atomic E-state index is 11.1. The van der Waals surface area contributed by atoms with Crippen molar-refractivity contribution >= 4 is 29.2 Å². The van der Waals surface area contributed by atoms with Gasteiger partial charge in [0, 0.05) is 25.1 Å². The van der Waals surface area contributed by atoms with Gasteiger partial charge >= 0.3 is 5.97 Å². The lowest BCUT2D eigenvalue weighted by molar-refractivity contribution is -0.120. The summed E-state index contributed by atoms with van der Waals surface area (Å²) < 4.78 is 0. The van der Waals surface area contributed by atoms with Crippen LogP contribution in [0.4, 0.5) is 5.82 Å². The Bertz CT molecular complexity index is 482. The van der Waals surface area contributed by atoms with Gasteiger partial charge in [-0.3, -0.25) is 4.79 Å². The van der Waals surface area contributed by atoms with E-state index >= 15 is 0 Å². The molecule has 1 aromatic heterocycles. The first-order valence-corrected chi connectivity index (χ1v) is 5.98. The van der Waals surface area contributed by atoms with Gasteiger partial charge in [0.05, 0.1) is 0 Å². The van der Waals surface area contributed by atoms with Crippen LogP contribution in [0.1, 0.15) is 36.0 Å². The fraction of sp³-hybridized carbons (Fsp3) is 0.455. The number of carboxylic acid groups (broad SMARTS) is 1. The second kappa shape index (κ2) is 5.30. The summed E-state index contributed by atoms with van der Waals surface area (Å²) in [6.45, 7) is 0. The molecule has 1 saturated carbocycles. The zero-order chi connectivity index (χ0) is 13.1. The Morgan fingerprint density at radius 2 is 2.11 bits per heavy atom. The van der Waals surface area contributed by atoms with Crippen LogP contribution < -0.4 is 5.32 Å².